The van der Waals surface area contributed by atoms with Gasteiger partial charge in [-0.1, -0.05) is 17.7 Å². The van der Waals surface area contributed by atoms with E-state index in [1.165, 1.54) is 6.07 Å². The monoisotopic (exact) mass is 264 g/mol. The third kappa shape index (κ3) is 4.97. The smallest absolute Gasteiger partial charge is 0.319 e. The lowest BCUT2D eigenvalue weighted by molar-refractivity contribution is -0.00155. The second-order valence-corrected chi connectivity index (χ2v) is 3.68. The Labute approximate surface area is 102 Å². The maximum atomic E-state index is 11.9. The number of urea groups is 1. The number of anilines is 1. The van der Waals surface area contributed by atoms with Gasteiger partial charge in [0.15, 0.2) is 0 Å². The van der Waals surface area contributed by atoms with Gasteiger partial charge in [0.1, 0.15) is 6.10 Å². The van der Waals surface area contributed by atoms with E-state index in [0.29, 0.717) is 10.7 Å². The van der Waals surface area contributed by atoms with Gasteiger partial charge in [-0.05, 0) is 18.2 Å². The fourth-order valence-electron chi connectivity index (χ4n) is 1.03. The van der Waals surface area contributed by atoms with E-state index < -0.39 is 25.1 Å². The molecule has 17 heavy (non-hydrogen) atoms. The predicted molar refractivity (Wildman–Crippen MR) is 60.5 cm³/mol. The van der Waals surface area contributed by atoms with Crippen LogP contribution < -0.4 is 10.6 Å². The molecule has 1 aromatic carbocycles. The lowest BCUT2D eigenvalue weighted by Gasteiger charge is -2.11. The lowest BCUT2D eigenvalue weighted by atomic mass is 10.3. The van der Waals surface area contributed by atoms with E-state index in [0.717, 1.165) is 0 Å². The van der Waals surface area contributed by atoms with Crippen LogP contribution in [0, 0.1) is 0 Å². The molecule has 0 aliphatic rings. The van der Waals surface area contributed by atoms with Crippen molar-refractivity contribution in [2.24, 2.45) is 0 Å². The zero-order chi connectivity index (χ0) is 12.8. The number of hydrogen-bond acceptors (Lipinski definition) is 2. The summed E-state index contributed by atoms with van der Waals surface area (Å²) in [5, 5.41) is 13.7. The second kappa shape index (κ2) is 6.36. The highest BCUT2D eigenvalue weighted by Gasteiger charge is 2.17. The van der Waals surface area contributed by atoms with Crippen LogP contribution in [-0.2, 0) is 0 Å². The van der Waals surface area contributed by atoms with E-state index in [-0.39, 0.29) is 0 Å². The Morgan fingerprint density at radius 3 is 2.76 bits per heavy atom. The van der Waals surface area contributed by atoms with Gasteiger partial charge < -0.3 is 15.7 Å². The molecule has 0 bridgehead atoms. The third-order valence-corrected chi connectivity index (χ3v) is 2.08. The van der Waals surface area contributed by atoms with Crippen LogP contribution in [0.25, 0.3) is 0 Å². The summed E-state index contributed by atoms with van der Waals surface area (Å²) in [7, 11) is 0. The van der Waals surface area contributed by atoms with Gasteiger partial charge in [-0.25, -0.2) is 13.6 Å². The summed E-state index contributed by atoms with van der Waals surface area (Å²) >= 11 is 5.69. The summed E-state index contributed by atoms with van der Waals surface area (Å²) in [6, 6.07) is 5.67. The minimum atomic E-state index is -2.89. The Hall–Kier alpha value is -1.40. The third-order valence-electron chi connectivity index (χ3n) is 1.85. The first-order chi connectivity index (χ1) is 7.99. The maximum absolute atomic E-state index is 11.9. The van der Waals surface area contributed by atoms with Crippen LogP contribution in [-0.4, -0.2) is 30.2 Å². The van der Waals surface area contributed by atoms with Crippen molar-refractivity contribution in [2.45, 2.75) is 12.5 Å². The molecule has 0 radical (unpaired) electrons. The van der Waals surface area contributed by atoms with E-state index in [2.05, 4.69) is 10.6 Å². The van der Waals surface area contributed by atoms with Crippen molar-refractivity contribution in [3.05, 3.63) is 29.3 Å². The summed E-state index contributed by atoms with van der Waals surface area (Å²) in [4.78, 5) is 11.2. The first-order valence-corrected chi connectivity index (χ1v) is 5.13. The number of rotatable bonds is 4. The number of aliphatic hydroxyl groups is 1. The average Bonchev–Trinajstić information content (AvgIpc) is 2.25. The molecule has 7 heteroatoms. The quantitative estimate of drug-likeness (QED) is 0.780. The number of amides is 2. The Morgan fingerprint density at radius 1 is 1.47 bits per heavy atom. The summed E-state index contributed by atoms with van der Waals surface area (Å²) in [6.45, 7) is -0.524. The highest BCUT2D eigenvalue weighted by molar-refractivity contribution is 6.30. The fourth-order valence-corrected chi connectivity index (χ4v) is 1.22. The van der Waals surface area contributed by atoms with E-state index in [9.17, 15) is 13.6 Å². The van der Waals surface area contributed by atoms with Gasteiger partial charge in [0.05, 0.1) is 6.54 Å². The normalized spacial score (nSPS) is 12.3. The van der Waals surface area contributed by atoms with E-state index >= 15 is 0 Å². The number of alkyl halides is 2. The molecule has 1 atom stereocenters. The topological polar surface area (TPSA) is 61.4 Å². The maximum Gasteiger partial charge on any atom is 0.319 e. The Bertz CT molecular complexity index is 390. The largest absolute Gasteiger partial charge is 0.385 e. The average molecular weight is 265 g/mol. The molecule has 0 aliphatic carbocycles. The van der Waals surface area contributed by atoms with E-state index in [4.69, 9.17) is 16.7 Å². The van der Waals surface area contributed by atoms with Crippen molar-refractivity contribution in [2.75, 3.05) is 11.9 Å². The molecule has 2 amide bonds. The minimum Gasteiger partial charge on any atom is -0.385 e. The molecule has 94 valence electrons. The molecule has 0 saturated heterocycles. The van der Waals surface area contributed by atoms with Crippen LogP contribution in [0.2, 0.25) is 5.02 Å². The van der Waals surface area contributed by atoms with Crippen LogP contribution in [0.4, 0.5) is 19.3 Å². The van der Waals surface area contributed by atoms with Crippen molar-refractivity contribution < 1.29 is 18.7 Å². The zero-order valence-electron chi connectivity index (χ0n) is 8.66. The molecular formula is C10H11ClF2N2O2. The number of halogens is 3. The van der Waals surface area contributed by atoms with Crippen molar-refractivity contribution in [1.29, 1.82) is 0 Å². The van der Waals surface area contributed by atoms with Crippen LogP contribution in [0.5, 0.6) is 0 Å². The summed E-state index contributed by atoms with van der Waals surface area (Å²) in [6.07, 6.45) is -4.76. The molecule has 0 aliphatic heterocycles. The number of aliphatic hydroxyl groups excluding tert-OH is 1. The predicted octanol–water partition coefficient (Wildman–Crippen LogP) is 2.09. The van der Waals surface area contributed by atoms with E-state index in [1.807, 2.05) is 0 Å². The van der Waals surface area contributed by atoms with Gasteiger partial charge in [0.2, 0.25) is 0 Å². The van der Waals surface area contributed by atoms with Crippen LogP contribution in [0.3, 0.4) is 0 Å². The molecular weight excluding hydrogens is 254 g/mol. The molecule has 0 spiro atoms. The Balaban J connectivity index is 2.40. The highest BCUT2D eigenvalue weighted by atomic mass is 35.5. The summed E-state index contributed by atoms with van der Waals surface area (Å²) in [5.41, 5.74) is 0.432. The molecule has 1 aromatic rings. The number of benzene rings is 1. The molecule has 1 unspecified atom stereocenters. The van der Waals surface area contributed by atoms with Gasteiger partial charge in [-0.3, -0.25) is 0 Å². The fraction of sp³-hybridized carbons (Fsp3) is 0.300. The first-order valence-electron chi connectivity index (χ1n) is 4.75. The molecule has 3 N–H and O–H groups in total. The second-order valence-electron chi connectivity index (χ2n) is 3.25. The van der Waals surface area contributed by atoms with Gasteiger partial charge in [0.25, 0.3) is 6.43 Å². The van der Waals surface area contributed by atoms with Gasteiger partial charge in [-0.15, -0.1) is 0 Å². The Kier molecular flexibility index (Phi) is 5.11. The van der Waals surface area contributed by atoms with Gasteiger partial charge in [-0.2, -0.15) is 0 Å². The summed E-state index contributed by atoms with van der Waals surface area (Å²) in [5.74, 6) is 0. The lowest BCUT2D eigenvalue weighted by Crippen LogP contribution is -2.38. The van der Waals surface area contributed by atoms with Crippen molar-refractivity contribution >= 4 is 23.3 Å². The number of hydrogen-bond donors (Lipinski definition) is 3. The van der Waals surface area contributed by atoms with Gasteiger partial charge >= 0.3 is 6.03 Å². The standard InChI is InChI=1S/C10H11ClF2N2O2/c11-6-2-1-3-7(4-6)15-10(17)14-5-8(16)9(12)13/h1-4,8-9,16H,5H2,(H2,14,15,17). The van der Waals surface area contributed by atoms with Crippen LogP contribution >= 0.6 is 11.6 Å². The van der Waals surface area contributed by atoms with Crippen molar-refractivity contribution in [3.63, 3.8) is 0 Å². The minimum absolute atomic E-state index is 0.432. The SMILES string of the molecule is O=C(NCC(O)C(F)F)Nc1cccc(Cl)c1. The molecule has 0 saturated carbocycles. The van der Waals surface area contributed by atoms with Crippen LogP contribution in [0.1, 0.15) is 0 Å². The molecule has 0 heterocycles. The first kappa shape index (κ1) is 13.7. The molecule has 1 rings (SSSR count). The Morgan fingerprint density at radius 2 is 2.18 bits per heavy atom. The highest BCUT2D eigenvalue weighted by Crippen LogP contribution is 2.14. The molecule has 0 aromatic heterocycles. The number of nitrogens with one attached hydrogen (secondary N) is 2. The van der Waals surface area contributed by atoms with Crippen molar-refractivity contribution in [1.82, 2.24) is 5.32 Å². The molecule has 0 fully saturated rings. The van der Waals surface area contributed by atoms with Gasteiger partial charge in [0, 0.05) is 10.7 Å². The van der Waals surface area contributed by atoms with E-state index in [1.54, 1.807) is 18.2 Å². The molecule has 4 nitrogen and oxygen atoms in total. The van der Waals surface area contributed by atoms with Crippen molar-refractivity contribution in [3.8, 4) is 0 Å². The van der Waals surface area contributed by atoms with Crippen LogP contribution in [0.15, 0.2) is 24.3 Å². The number of carbonyl (C=O) groups is 1. The number of carbonyl (C=O) groups excluding carboxylic acids is 1. The zero-order valence-corrected chi connectivity index (χ0v) is 9.42. The summed E-state index contributed by atoms with van der Waals surface area (Å²) < 4.78 is 23.8.